The summed E-state index contributed by atoms with van der Waals surface area (Å²) in [5.41, 5.74) is 1.12. The summed E-state index contributed by atoms with van der Waals surface area (Å²) in [6.07, 6.45) is 4.58. The van der Waals surface area contributed by atoms with Crippen LogP contribution in [0.25, 0.3) is 0 Å². The zero-order valence-corrected chi connectivity index (χ0v) is 6.91. The summed E-state index contributed by atoms with van der Waals surface area (Å²) in [4.78, 5) is 8.31. The van der Waals surface area contributed by atoms with E-state index in [-0.39, 0.29) is 0 Å². The molecule has 0 saturated heterocycles. The first-order valence-electron chi connectivity index (χ1n) is 3.78. The molecule has 0 aliphatic heterocycles. The molecule has 0 amide bonds. The topological polar surface area (TPSA) is 25.2 Å². The number of hydrogen-bond donors (Lipinski definition) is 0. The third kappa shape index (κ3) is 2.15. The molecule has 1 heterocycles. The van der Waals surface area contributed by atoms with Gasteiger partial charge in [0, 0.05) is 12.4 Å². The summed E-state index contributed by atoms with van der Waals surface area (Å²) in [7, 11) is 0. The summed E-state index contributed by atoms with van der Waals surface area (Å²) < 4.78 is 0. The van der Waals surface area contributed by atoms with Gasteiger partial charge in [-0.2, -0.15) is 0 Å². The molecule has 2 nitrogen and oxygen atoms in total. The number of aryl methyl sites for hydroxylation is 1. The standard InChI is InChI=1S/C9H12N2/c1-3-6-10-9-8(2)5-4-7-11-9/h4-7H,3H2,1-2H3/b10-6+. The lowest BCUT2D eigenvalue weighted by Crippen LogP contribution is -1.78. The molecule has 0 aromatic carbocycles. The molecular formula is C9H12N2. The van der Waals surface area contributed by atoms with Crippen molar-refractivity contribution in [1.29, 1.82) is 0 Å². The van der Waals surface area contributed by atoms with E-state index in [2.05, 4.69) is 16.9 Å². The molecular weight excluding hydrogens is 136 g/mol. The highest BCUT2D eigenvalue weighted by atomic mass is 14.9. The highest BCUT2D eigenvalue weighted by Crippen LogP contribution is 2.11. The van der Waals surface area contributed by atoms with Crippen molar-refractivity contribution in [2.24, 2.45) is 4.99 Å². The second kappa shape index (κ2) is 3.86. The third-order valence-electron chi connectivity index (χ3n) is 1.38. The van der Waals surface area contributed by atoms with Crippen LogP contribution in [0.15, 0.2) is 23.3 Å². The van der Waals surface area contributed by atoms with Crippen LogP contribution in [-0.2, 0) is 0 Å². The first-order valence-corrected chi connectivity index (χ1v) is 3.78. The Hall–Kier alpha value is -1.18. The molecule has 0 N–H and O–H groups in total. The van der Waals surface area contributed by atoms with E-state index in [1.807, 2.05) is 25.3 Å². The number of pyridine rings is 1. The lowest BCUT2D eigenvalue weighted by Gasteiger charge is -1.95. The van der Waals surface area contributed by atoms with Crippen molar-refractivity contribution < 1.29 is 0 Å². The average molecular weight is 148 g/mol. The highest BCUT2D eigenvalue weighted by Gasteiger charge is 1.91. The Morgan fingerprint density at radius 3 is 3.09 bits per heavy atom. The Balaban J connectivity index is 2.86. The molecule has 0 fully saturated rings. The Bertz CT molecular complexity index is 253. The van der Waals surface area contributed by atoms with Crippen molar-refractivity contribution in [3.8, 4) is 0 Å². The lowest BCUT2D eigenvalue weighted by molar-refractivity contribution is 1.21. The quantitative estimate of drug-likeness (QED) is 0.591. The van der Waals surface area contributed by atoms with Crippen molar-refractivity contribution in [1.82, 2.24) is 4.98 Å². The molecule has 0 spiro atoms. The minimum Gasteiger partial charge on any atom is -0.241 e. The van der Waals surface area contributed by atoms with Crippen molar-refractivity contribution in [3.05, 3.63) is 23.9 Å². The maximum absolute atomic E-state index is 4.19. The lowest BCUT2D eigenvalue weighted by atomic mass is 10.3. The molecule has 0 atom stereocenters. The minimum absolute atomic E-state index is 0.828. The Kier molecular flexibility index (Phi) is 2.78. The number of rotatable bonds is 2. The average Bonchev–Trinajstić information content (AvgIpc) is 2.03. The summed E-state index contributed by atoms with van der Waals surface area (Å²) in [6, 6.07) is 3.93. The van der Waals surface area contributed by atoms with Crippen molar-refractivity contribution in [2.75, 3.05) is 0 Å². The van der Waals surface area contributed by atoms with Crippen LogP contribution in [0.4, 0.5) is 5.82 Å². The molecule has 1 aromatic rings. The van der Waals surface area contributed by atoms with Gasteiger partial charge in [-0.05, 0) is 25.0 Å². The van der Waals surface area contributed by atoms with Gasteiger partial charge in [-0.25, -0.2) is 9.98 Å². The Labute approximate surface area is 67.0 Å². The minimum atomic E-state index is 0.828. The van der Waals surface area contributed by atoms with Crippen LogP contribution in [0.2, 0.25) is 0 Å². The predicted octanol–water partition coefficient (Wildman–Crippen LogP) is 2.50. The molecule has 1 aromatic heterocycles. The SMILES string of the molecule is CC/C=N/c1ncccc1C. The first-order chi connectivity index (χ1) is 5.34. The van der Waals surface area contributed by atoms with Crippen LogP contribution in [0.1, 0.15) is 18.9 Å². The molecule has 1 rings (SSSR count). The van der Waals surface area contributed by atoms with E-state index in [0.717, 1.165) is 17.8 Å². The normalized spacial score (nSPS) is 10.7. The van der Waals surface area contributed by atoms with Crippen LogP contribution in [0, 0.1) is 6.92 Å². The molecule has 0 aliphatic rings. The van der Waals surface area contributed by atoms with E-state index in [1.165, 1.54) is 0 Å². The van der Waals surface area contributed by atoms with Crippen molar-refractivity contribution >= 4 is 12.0 Å². The van der Waals surface area contributed by atoms with Gasteiger partial charge in [0.2, 0.25) is 0 Å². The van der Waals surface area contributed by atoms with Gasteiger partial charge in [0.25, 0.3) is 0 Å². The Morgan fingerprint density at radius 2 is 2.45 bits per heavy atom. The molecule has 0 aliphatic carbocycles. The molecule has 58 valence electrons. The van der Waals surface area contributed by atoms with Crippen LogP contribution >= 0.6 is 0 Å². The number of aliphatic imine (C=N–C) groups is 1. The van der Waals surface area contributed by atoms with Crippen LogP contribution in [0.3, 0.4) is 0 Å². The van der Waals surface area contributed by atoms with Gasteiger partial charge >= 0.3 is 0 Å². The van der Waals surface area contributed by atoms with E-state index in [9.17, 15) is 0 Å². The van der Waals surface area contributed by atoms with Crippen LogP contribution < -0.4 is 0 Å². The van der Waals surface area contributed by atoms with Crippen molar-refractivity contribution in [3.63, 3.8) is 0 Å². The largest absolute Gasteiger partial charge is 0.241 e. The summed E-state index contributed by atoms with van der Waals surface area (Å²) in [5.74, 6) is 0.828. The van der Waals surface area contributed by atoms with Crippen LogP contribution in [-0.4, -0.2) is 11.2 Å². The molecule has 0 unspecified atom stereocenters. The molecule has 0 bridgehead atoms. The van der Waals surface area contributed by atoms with Gasteiger partial charge in [-0.15, -0.1) is 0 Å². The second-order valence-electron chi connectivity index (χ2n) is 2.36. The maximum atomic E-state index is 4.19. The zero-order valence-electron chi connectivity index (χ0n) is 6.91. The summed E-state index contributed by atoms with van der Waals surface area (Å²) in [5, 5.41) is 0. The smallest absolute Gasteiger partial charge is 0.154 e. The van der Waals surface area contributed by atoms with E-state index >= 15 is 0 Å². The van der Waals surface area contributed by atoms with E-state index in [4.69, 9.17) is 0 Å². The fraction of sp³-hybridized carbons (Fsp3) is 0.333. The van der Waals surface area contributed by atoms with E-state index in [1.54, 1.807) is 6.20 Å². The van der Waals surface area contributed by atoms with Gasteiger partial charge < -0.3 is 0 Å². The molecule has 11 heavy (non-hydrogen) atoms. The Morgan fingerprint density at radius 1 is 1.64 bits per heavy atom. The molecule has 0 saturated carbocycles. The summed E-state index contributed by atoms with van der Waals surface area (Å²) in [6.45, 7) is 4.07. The number of nitrogens with zero attached hydrogens (tertiary/aromatic N) is 2. The zero-order chi connectivity index (χ0) is 8.10. The molecule has 0 radical (unpaired) electrons. The fourth-order valence-electron chi connectivity index (χ4n) is 0.790. The van der Waals surface area contributed by atoms with Crippen molar-refractivity contribution in [2.45, 2.75) is 20.3 Å². The van der Waals surface area contributed by atoms with Gasteiger partial charge in [0.1, 0.15) is 0 Å². The number of hydrogen-bond acceptors (Lipinski definition) is 2. The van der Waals surface area contributed by atoms with E-state index < -0.39 is 0 Å². The first kappa shape index (κ1) is 7.92. The summed E-state index contributed by atoms with van der Waals surface area (Å²) >= 11 is 0. The molecule has 2 heteroatoms. The maximum Gasteiger partial charge on any atom is 0.154 e. The van der Waals surface area contributed by atoms with Crippen LogP contribution in [0.5, 0.6) is 0 Å². The van der Waals surface area contributed by atoms with Gasteiger partial charge in [-0.1, -0.05) is 13.0 Å². The second-order valence-corrected chi connectivity index (χ2v) is 2.36. The fourth-order valence-corrected chi connectivity index (χ4v) is 0.790. The predicted molar refractivity (Wildman–Crippen MR) is 47.4 cm³/mol. The monoisotopic (exact) mass is 148 g/mol. The van der Waals surface area contributed by atoms with Gasteiger partial charge in [0.05, 0.1) is 0 Å². The third-order valence-corrected chi connectivity index (χ3v) is 1.38. The van der Waals surface area contributed by atoms with Gasteiger partial charge in [0.15, 0.2) is 5.82 Å². The van der Waals surface area contributed by atoms with Gasteiger partial charge in [-0.3, -0.25) is 0 Å². The highest BCUT2D eigenvalue weighted by molar-refractivity contribution is 5.62. The number of aromatic nitrogens is 1. The van der Waals surface area contributed by atoms with E-state index in [0.29, 0.717) is 0 Å².